The van der Waals surface area contributed by atoms with Crippen LogP contribution in [-0.2, 0) is 4.79 Å². The number of aliphatic hydroxyl groups excluding tert-OH is 1. The Balaban J connectivity index is 1.78. The molecule has 0 radical (unpaired) electrons. The fraction of sp³-hybridized carbons (Fsp3) is 0.533. The number of carbonyl (C=O) groups is 1. The van der Waals surface area contributed by atoms with Gasteiger partial charge < -0.3 is 10.0 Å². The lowest BCUT2D eigenvalue weighted by molar-refractivity contribution is -0.132. The molecular weight excluding hydrogens is 258 g/mol. The number of nitrogens with zero attached hydrogens (tertiary/aromatic N) is 1. The van der Waals surface area contributed by atoms with Crippen LogP contribution in [0.1, 0.15) is 19.8 Å². The van der Waals surface area contributed by atoms with Gasteiger partial charge in [-0.25, -0.2) is 0 Å². The maximum atomic E-state index is 12.2. The van der Waals surface area contributed by atoms with E-state index in [-0.39, 0.29) is 18.6 Å². The van der Waals surface area contributed by atoms with E-state index in [9.17, 15) is 9.90 Å². The van der Waals surface area contributed by atoms with Gasteiger partial charge in [-0.2, -0.15) is 0 Å². The molecule has 1 fully saturated rings. The predicted octanol–water partition coefficient (Wildman–Crippen LogP) is 2.40. The number of carbonyl (C=O) groups excluding carboxylic acids is 1. The van der Waals surface area contributed by atoms with E-state index in [0.717, 1.165) is 18.7 Å². The molecular formula is C15H21NO2S. The van der Waals surface area contributed by atoms with Crippen molar-refractivity contribution >= 4 is 17.7 Å². The van der Waals surface area contributed by atoms with Crippen molar-refractivity contribution in [2.24, 2.45) is 5.92 Å². The molecule has 0 aliphatic carbocycles. The third-order valence-electron chi connectivity index (χ3n) is 3.72. The van der Waals surface area contributed by atoms with E-state index in [0.29, 0.717) is 12.3 Å². The Bertz CT molecular complexity index is 410. The van der Waals surface area contributed by atoms with Crippen LogP contribution in [0.3, 0.4) is 0 Å². The maximum Gasteiger partial charge on any atom is 0.223 e. The average Bonchev–Trinajstić information content (AvgIpc) is 2.81. The summed E-state index contributed by atoms with van der Waals surface area (Å²) in [7, 11) is 0. The molecule has 1 amide bonds. The van der Waals surface area contributed by atoms with Crippen molar-refractivity contribution in [2.75, 3.05) is 18.9 Å². The Morgan fingerprint density at radius 2 is 2.16 bits per heavy atom. The number of benzene rings is 1. The molecule has 0 aromatic heterocycles. The first-order chi connectivity index (χ1) is 9.22. The number of hydrogen-bond donors (Lipinski definition) is 1. The Kier molecular flexibility index (Phi) is 5.28. The van der Waals surface area contributed by atoms with Crippen LogP contribution in [-0.4, -0.2) is 40.9 Å². The maximum absolute atomic E-state index is 12.2. The van der Waals surface area contributed by atoms with E-state index in [4.69, 9.17) is 0 Å². The van der Waals surface area contributed by atoms with Crippen molar-refractivity contribution in [3.8, 4) is 0 Å². The molecule has 0 spiro atoms. The standard InChI is InChI=1S/C15H21NO2S/c1-12-7-9-16(14(12)11-17)15(18)8-10-19-13-5-3-2-4-6-13/h2-6,12,14,17H,7-11H2,1H3. The molecule has 3 nitrogen and oxygen atoms in total. The average molecular weight is 279 g/mol. The second-order valence-corrected chi connectivity index (χ2v) is 6.18. The van der Waals surface area contributed by atoms with Crippen LogP contribution in [0.5, 0.6) is 0 Å². The van der Waals surface area contributed by atoms with Crippen molar-refractivity contribution in [1.29, 1.82) is 0 Å². The van der Waals surface area contributed by atoms with E-state index in [1.54, 1.807) is 11.8 Å². The molecule has 2 unspecified atom stereocenters. The second-order valence-electron chi connectivity index (χ2n) is 5.01. The molecule has 0 bridgehead atoms. The molecule has 1 heterocycles. The number of amides is 1. The lowest BCUT2D eigenvalue weighted by Crippen LogP contribution is -2.39. The van der Waals surface area contributed by atoms with Gasteiger partial charge in [-0.15, -0.1) is 11.8 Å². The van der Waals surface area contributed by atoms with Gasteiger partial charge in [0.15, 0.2) is 0 Å². The van der Waals surface area contributed by atoms with E-state index < -0.39 is 0 Å². The molecule has 1 aliphatic heterocycles. The van der Waals surface area contributed by atoms with Crippen LogP contribution in [0.15, 0.2) is 35.2 Å². The quantitative estimate of drug-likeness (QED) is 0.841. The van der Waals surface area contributed by atoms with Gasteiger partial charge in [0.05, 0.1) is 12.6 Å². The molecule has 4 heteroatoms. The van der Waals surface area contributed by atoms with E-state index >= 15 is 0 Å². The fourth-order valence-corrected chi connectivity index (χ4v) is 3.37. The summed E-state index contributed by atoms with van der Waals surface area (Å²) >= 11 is 1.71. The van der Waals surface area contributed by atoms with Gasteiger partial charge in [-0.3, -0.25) is 4.79 Å². The normalized spacial score (nSPS) is 22.7. The third kappa shape index (κ3) is 3.74. The van der Waals surface area contributed by atoms with Crippen LogP contribution < -0.4 is 0 Å². The van der Waals surface area contributed by atoms with Crippen LogP contribution in [0.2, 0.25) is 0 Å². The number of likely N-dealkylation sites (tertiary alicyclic amines) is 1. The van der Waals surface area contributed by atoms with Gasteiger partial charge in [-0.05, 0) is 24.5 Å². The smallest absolute Gasteiger partial charge is 0.223 e. The molecule has 0 saturated carbocycles. The molecule has 1 aliphatic rings. The van der Waals surface area contributed by atoms with Gasteiger partial charge in [0.1, 0.15) is 0 Å². The van der Waals surface area contributed by atoms with Crippen molar-refractivity contribution in [3.63, 3.8) is 0 Å². The molecule has 19 heavy (non-hydrogen) atoms. The van der Waals surface area contributed by atoms with E-state index in [1.807, 2.05) is 23.1 Å². The fourth-order valence-electron chi connectivity index (χ4n) is 2.51. The minimum absolute atomic E-state index is 0.0224. The summed E-state index contributed by atoms with van der Waals surface area (Å²) in [6, 6.07) is 10.1. The molecule has 2 atom stereocenters. The number of aliphatic hydroxyl groups is 1. The summed E-state index contributed by atoms with van der Waals surface area (Å²) in [6.45, 7) is 2.98. The number of hydrogen-bond acceptors (Lipinski definition) is 3. The van der Waals surface area contributed by atoms with Crippen LogP contribution in [0.4, 0.5) is 0 Å². The second kappa shape index (κ2) is 6.96. The van der Waals surface area contributed by atoms with Crippen molar-refractivity contribution in [1.82, 2.24) is 4.90 Å². The summed E-state index contributed by atoms with van der Waals surface area (Å²) in [6.07, 6.45) is 1.55. The first-order valence-electron chi connectivity index (χ1n) is 6.80. The van der Waals surface area contributed by atoms with Crippen LogP contribution in [0.25, 0.3) is 0 Å². The summed E-state index contributed by atoms with van der Waals surface area (Å²) < 4.78 is 0. The Morgan fingerprint density at radius 1 is 1.42 bits per heavy atom. The minimum atomic E-state index is 0.0224. The Morgan fingerprint density at radius 3 is 2.84 bits per heavy atom. The largest absolute Gasteiger partial charge is 0.394 e. The zero-order valence-corrected chi connectivity index (χ0v) is 12.1. The lowest BCUT2D eigenvalue weighted by Gasteiger charge is -2.25. The first kappa shape index (κ1) is 14.4. The van der Waals surface area contributed by atoms with Crippen molar-refractivity contribution < 1.29 is 9.90 Å². The molecule has 104 valence electrons. The summed E-state index contributed by atoms with van der Waals surface area (Å²) in [5, 5.41) is 9.36. The number of thioether (sulfide) groups is 1. The zero-order valence-electron chi connectivity index (χ0n) is 11.3. The summed E-state index contributed by atoms with van der Waals surface area (Å²) in [4.78, 5) is 15.2. The van der Waals surface area contributed by atoms with E-state index in [2.05, 4.69) is 19.1 Å². The first-order valence-corrected chi connectivity index (χ1v) is 7.79. The van der Waals surface area contributed by atoms with Gasteiger partial charge in [-0.1, -0.05) is 25.1 Å². The highest BCUT2D eigenvalue weighted by Gasteiger charge is 2.33. The van der Waals surface area contributed by atoms with Crippen molar-refractivity contribution in [2.45, 2.75) is 30.7 Å². The molecule has 1 N–H and O–H groups in total. The number of rotatable bonds is 5. The highest BCUT2D eigenvalue weighted by Crippen LogP contribution is 2.25. The van der Waals surface area contributed by atoms with Gasteiger partial charge >= 0.3 is 0 Å². The van der Waals surface area contributed by atoms with Gasteiger partial charge in [0.25, 0.3) is 0 Å². The Labute approximate surface area is 119 Å². The van der Waals surface area contributed by atoms with Crippen LogP contribution >= 0.6 is 11.8 Å². The monoisotopic (exact) mass is 279 g/mol. The predicted molar refractivity (Wildman–Crippen MR) is 78.2 cm³/mol. The molecule has 1 saturated heterocycles. The summed E-state index contributed by atoms with van der Waals surface area (Å²) in [5.74, 6) is 1.38. The van der Waals surface area contributed by atoms with E-state index in [1.165, 1.54) is 4.90 Å². The third-order valence-corrected chi connectivity index (χ3v) is 4.73. The highest BCUT2D eigenvalue weighted by atomic mass is 32.2. The molecule has 1 aromatic carbocycles. The Hall–Kier alpha value is -1.00. The van der Waals surface area contributed by atoms with Crippen LogP contribution in [0, 0.1) is 5.92 Å². The van der Waals surface area contributed by atoms with Gasteiger partial charge in [0, 0.05) is 23.6 Å². The minimum Gasteiger partial charge on any atom is -0.394 e. The highest BCUT2D eigenvalue weighted by molar-refractivity contribution is 7.99. The zero-order chi connectivity index (χ0) is 13.7. The molecule has 2 rings (SSSR count). The molecule has 1 aromatic rings. The lowest BCUT2D eigenvalue weighted by atomic mass is 10.0. The SMILES string of the molecule is CC1CCN(C(=O)CCSc2ccccc2)C1CO. The van der Waals surface area contributed by atoms with Gasteiger partial charge in [0.2, 0.25) is 5.91 Å². The summed E-state index contributed by atoms with van der Waals surface area (Å²) in [5.41, 5.74) is 0. The van der Waals surface area contributed by atoms with Crippen molar-refractivity contribution in [3.05, 3.63) is 30.3 Å². The topological polar surface area (TPSA) is 40.5 Å².